The lowest BCUT2D eigenvalue weighted by molar-refractivity contribution is -0.135. The molecule has 0 aliphatic carbocycles. The van der Waals surface area contributed by atoms with E-state index >= 15 is 0 Å². The molecular formula is C11H22N2O. The molecule has 0 aromatic heterocycles. The Morgan fingerprint density at radius 1 is 1.57 bits per heavy atom. The second-order valence-electron chi connectivity index (χ2n) is 4.34. The minimum atomic E-state index is 0.253. The number of carbonyl (C=O) groups is 1. The molecule has 1 aliphatic rings. The van der Waals surface area contributed by atoms with Gasteiger partial charge in [0.2, 0.25) is 5.91 Å². The summed E-state index contributed by atoms with van der Waals surface area (Å²) >= 11 is 0. The van der Waals surface area contributed by atoms with E-state index in [1.807, 2.05) is 11.9 Å². The summed E-state index contributed by atoms with van der Waals surface area (Å²) in [6.07, 6.45) is 3.03. The highest BCUT2D eigenvalue weighted by molar-refractivity contribution is 5.78. The molecule has 14 heavy (non-hydrogen) atoms. The van der Waals surface area contributed by atoms with Crippen LogP contribution in [-0.2, 0) is 4.79 Å². The van der Waals surface area contributed by atoms with Crippen LogP contribution in [0.3, 0.4) is 0 Å². The average molecular weight is 198 g/mol. The van der Waals surface area contributed by atoms with E-state index in [-0.39, 0.29) is 5.92 Å². The van der Waals surface area contributed by atoms with E-state index in [9.17, 15) is 4.79 Å². The van der Waals surface area contributed by atoms with Crippen LogP contribution in [0.1, 0.15) is 33.1 Å². The molecule has 1 amide bonds. The Morgan fingerprint density at radius 2 is 2.29 bits per heavy atom. The van der Waals surface area contributed by atoms with Gasteiger partial charge in [0.1, 0.15) is 0 Å². The molecule has 2 unspecified atom stereocenters. The van der Waals surface area contributed by atoms with Crippen molar-refractivity contribution < 1.29 is 4.79 Å². The normalized spacial score (nSPS) is 27.4. The van der Waals surface area contributed by atoms with Crippen LogP contribution in [0.25, 0.3) is 0 Å². The zero-order chi connectivity index (χ0) is 10.6. The summed E-state index contributed by atoms with van der Waals surface area (Å²) in [7, 11) is 1.92. The van der Waals surface area contributed by atoms with Crippen molar-refractivity contribution >= 4 is 5.91 Å². The fourth-order valence-corrected chi connectivity index (χ4v) is 2.11. The Morgan fingerprint density at radius 3 is 2.86 bits per heavy atom. The van der Waals surface area contributed by atoms with Crippen molar-refractivity contribution in [1.29, 1.82) is 0 Å². The molecule has 1 N–H and O–H groups in total. The Balaban J connectivity index is 2.42. The smallest absolute Gasteiger partial charge is 0.225 e. The van der Waals surface area contributed by atoms with Crippen molar-refractivity contribution in [2.45, 2.75) is 39.2 Å². The number of rotatable bonds is 3. The highest BCUT2D eigenvalue weighted by Crippen LogP contribution is 2.18. The van der Waals surface area contributed by atoms with E-state index in [1.165, 1.54) is 0 Å². The molecule has 0 radical (unpaired) electrons. The highest BCUT2D eigenvalue weighted by atomic mass is 16.2. The van der Waals surface area contributed by atoms with Crippen molar-refractivity contribution in [2.75, 3.05) is 20.1 Å². The van der Waals surface area contributed by atoms with Crippen LogP contribution in [0.5, 0.6) is 0 Å². The molecule has 2 atom stereocenters. The van der Waals surface area contributed by atoms with E-state index in [4.69, 9.17) is 0 Å². The highest BCUT2D eigenvalue weighted by Gasteiger charge is 2.26. The van der Waals surface area contributed by atoms with Gasteiger partial charge in [-0.05, 0) is 32.7 Å². The average Bonchev–Trinajstić information content (AvgIpc) is 2.17. The molecule has 1 fully saturated rings. The maximum absolute atomic E-state index is 11.9. The molecular weight excluding hydrogens is 176 g/mol. The van der Waals surface area contributed by atoms with Crippen molar-refractivity contribution in [2.24, 2.45) is 5.92 Å². The van der Waals surface area contributed by atoms with E-state index in [0.717, 1.165) is 32.4 Å². The first-order chi connectivity index (χ1) is 6.65. The minimum Gasteiger partial charge on any atom is -0.346 e. The topological polar surface area (TPSA) is 32.3 Å². The Hall–Kier alpha value is -0.570. The Labute approximate surface area is 86.9 Å². The summed E-state index contributed by atoms with van der Waals surface area (Å²) in [6.45, 7) is 6.13. The predicted octanol–water partition coefficient (Wildman–Crippen LogP) is 1.24. The van der Waals surface area contributed by atoms with Crippen LogP contribution >= 0.6 is 0 Å². The lowest BCUT2D eigenvalue weighted by atomic mass is 9.92. The predicted molar refractivity (Wildman–Crippen MR) is 58.1 cm³/mol. The van der Waals surface area contributed by atoms with Crippen molar-refractivity contribution in [3.8, 4) is 0 Å². The maximum Gasteiger partial charge on any atom is 0.225 e. The lowest BCUT2D eigenvalue weighted by Gasteiger charge is -2.30. The van der Waals surface area contributed by atoms with Crippen LogP contribution in [-0.4, -0.2) is 37.0 Å². The largest absolute Gasteiger partial charge is 0.346 e. The molecule has 1 aliphatic heterocycles. The molecule has 0 spiro atoms. The number of piperidine rings is 1. The minimum absolute atomic E-state index is 0.253. The van der Waals surface area contributed by atoms with Gasteiger partial charge >= 0.3 is 0 Å². The molecule has 0 saturated carbocycles. The summed E-state index contributed by atoms with van der Waals surface area (Å²) in [5.41, 5.74) is 0. The van der Waals surface area contributed by atoms with Gasteiger partial charge in [0.05, 0.1) is 0 Å². The summed E-state index contributed by atoms with van der Waals surface area (Å²) in [5.74, 6) is 0.586. The number of hydrogen-bond acceptors (Lipinski definition) is 2. The third kappa shape index (κ3) is 2.98. The van der Waals surface area contributed by atoms with Gasteiger partial charge in [0, 0.05) is 25.6 Å². The zero-order valence-electron chi connectivity index (χ0n) is 9.55. The molecule has 0 aromatic rings. The van der Waals surface area contributed by atoms with Crippen LogP contribution in [0.4, 0.5) is 0 Å². The van der Waals surface area contributed by atoms with E-state index in [1.54, 1.807) is 0 Å². The Bertz CT molecular complexity index is 194. The van der Waals surface area contributed by atoms with Gasteiger partial charge < -0.3 is 10.2 Å². The van der Waals surface area contributed by atoms with Gasteiger partial charge in [-0.25, -0.2) is 0 Å². The third-order valence-electron chi connectivity index (χ3n) is 2.91. The van der Waals surface area contributed by atoms with E-state index < -0.39 is 0 Å². The Kier molecular flexibility index (Phi) is 4.39. The molecule has 0 bridgehead atoms. The van der Waals surface area contributed by atoms with Crippen molar-refractivity contribution in [3.05, 3.63) is 0 Å². The standard InChI is InChI=1S/C11H22N2O/c1-4-7-13(3)11(14)10-5-6-12-9(2)8-10/h9-10,12H,4-8H2,1-3H3. The number of nitrogens with one attached hydrogen (secondary N) is 1. The van der Waals surface area contributed by atoms with E-state index in [2.05, 4.69) is 19.2 Å². The summed E-state index contributed by atoms with van der Waals surface area (Å²) < 4.78 is 0. The first kappa shape index (κ1) is 11.5. The van der Waals surface area contributed by atoms with Gasteiger partial charge in [0.25, 0.3) is 0 Å². The molecule has 82 valence electrons. The van der Waals surface area contributed by atoms with E-state index in [0.29, 0.717) is 11.9 Å². The molecule has 1 rings (SSSR count). The number of nitrogens with zero attached hydrogens (tertiary/aromatic N) is 1. The SMILES string of the molecule is CCCN(C)C(=O)C1CCNC(C)C1. The van der Waals surface area contributed by atoms with Crippen molar-refractivity contribution in [3.63, 3.8) is 0 Å². The van der Waals surface area contributed by atoms with Gasteiger partial charge in [0.15, 0.2) is 0 Å². The zero-order valence-corrected chi connectivity index (χ0v) is 9.55. The van der Waals surface area contributed by atoms with Crippen molar-refractivity contribution in [1.82, 2.24) is 10.2 Å². The van der Waals surface area contributed by atoms with Crippen LogP contribution in [0.2, 0.25) is 0 Å². The van der Waals surface area contributed by atoms with Gasteiger partial charge in [-0.15, -0.1) is 0 Å². The molecule has 0 aromatic carbocycles. The quantitative estimate of drug-likeness (QED) is 0.740. The first-order valence-electron chi connectivity index (χ1n) is 5.63. The number of carbonyl (C=O) groups excluding carboxylic acids is 1. The van der Waals surface area contributed by atoms with Crippen LogP contribution in [0, 0.1) is 5.92 Å². The van der Waals surface area contributed by atoms with Gasteiger partial charge in [-0.1, -0.05) is 6.92 Å². The summed E-state index contributed by atoms with van der Waals surface area (Å²) in [5, 5.41) is 3.37. The van der Waals surface area contributed by atoms with Gasteiger partial charge in [-0.3, -0.25) is 4.79 Å². The fourth-order valence-electron chi connectivity index (χ4n) is 2.11. The second kappa shape index (κ2) is 5.35. The molecule has 1 heterocycles. The maximum atomic E-state index is 11.9. The summed E-state index contributed by atoms with van der Waals surface area (Å²) in [6, 6.07) is 0.493. The number of hydrogen-bond donors (Lipinski definition) is 1. The summed E-state index contributed by atoms with van der Waals surface area (Å²) in [4.78, 5) is 13.8. The third-order valence-corrected chi connectivity index (χ3v) is 2.91. The first-order valence-corrected chi connectivity index (χ1v) is 5.63. The fraction of sp³-hybridized carbons (Fsp3) is 0.909. The monoisotopic (exact) mass is 198 g/mol. The molecule has 1 saturated heterocycles. The second-order valence-corrected chi connectivity index (χ2v) is 4.34. The number of amides is 1. The van der Waals surface area contributed by atoms with Crippen LogP contribution < -0.4 is 5.32 Å². The van der Waals surface area contributed by atoms with Crippen LogP contribution in [0.15, 0.2) is 0 Å². The lowest BCUT2D eigenvalue weighted by Crippen LogP contribution is -2.43. The molecule has 3 nitrogen and oxygen atoms in total. The van der Waals surface area contributed by atoms with Gasteiger partial charge in [-0.2, -0.15) is 0 Å². The molecule has 3 heteroatoms.